The standard InChI is InChI=1S/C16H15F5O2/c1-23-16(22)9(8-5-3-2-4-6-8)7-10-11(17)13(19)15(21)14(20)12(10)18/h2-3,8-9H,4-7H2,1H3. The number of benzene rings is 1. The highest BCUT2D eigenvalue weighted by Gasteiger charge is 2.34. The molecule has 126 valence electrons. The second kappa shape index (κ2) is 7.10. The van der Waals surface area contributed by atoms with E-state index in [1.807, 2.05) is 12.2 Å². The summed E-state index contributed by atoms with van der Waals surface area (Å²) >= 11 is 0. The molecule has 0 saturated heterocycles. The number of hydrogen-bond donors (Lipinski definition) is 0. The van der Waals surface area contributed by atoms with Gasteiger partial charge in [-0.1, -0.05) is 12.2 Å². The molecule has 0 heterocycles. The summed E-state index contributed by atoms with van der Waals surface area (Å²) in [4.78, 5) is 11.9. The number of ether oxygens (including phenoxy) is 1. The highest BCUT2D eigenvalue weighted by molar-refractivity contribution is 5.73. The smallest absolute Gasteiger partial charge is 0.309 e. The molecule has 0 saturated carbocycles. The van der Waals surface area contributed by atoms with E-state index in [9.17, 15) is 26.7 Å². The molecule has 2 unspecified atom stereocenters. The first-order valence-electron chi connectivity index (χ1n) is 7.11. The monoisotopic (exact) mass is 334 g/mol. The third-order valence-corrected chi connectivity index (χ3v) is 4.11. The van der Waals surface area contributed by atoms with Gasteiger partial charge >= 0.3 is 5.97 Å². The van der Waals surface area contributed by atoms with Crippen LogP contribution in [0.5, 0.6) is 0 Å². The van der Waals surface area contributed by atoms with Crippen molar-refractivity contribution < 1.29 is 31.5 Å². The van der Waals surface area contributed by atoms with Gasteiger partial charge in [-0.3, -0.25) is 4.79 Å². The van der Waals surface area contributed by atoms with E-state index in [4.69, 9.17) is 0 Å². The molecule has 2 nitrogen and oxygen atoms in total. The minimum Gasteiger partial charge on any atom is -0.469 e. The van der Waals surface area contributed by atoms with Gasteiger partial charge in [-0.15, -0.1) is 0 Å². The molecule has 1 aliphatic carbocycles. The molecule has 2 rings (SSSR count). The molecular formula is C16H15F5O2. The van der Waals surface area contributed by atoms with Crippen molar-refractivity contribution in [2.45, 2.75) is 25.7 Å². The second-order valence-corrected chi connectivity index (χ2v) is 5.43. The van der Waals surface area contributed by atoms with Gasteiger partial charge in [-0.2, -0.15) is 0 Å². The Morgan fingerprint density at radius 2 is 1.65 bits per heavy atom. The Hall–Kier alpha value is -1.92. The van der Waals surface area contributed by atoms with Crippen molar-refractivity contribution in [2.24, 2.45) is 11.8 Å². The van der Waals surface area contributed by atoms with Crippen LogP contribution in [0, 0.1) is 40.9 Å². The van der Waals surface area contributed by atoms with Crippen LogP contribution in [0.15, 0.2) is 12.2 Å². The first kappa shape index (κ1) is 17.4. The summed E-state index contributed by atoms with van der Waals surface area (Å²) in [5.74, 6) is -12.0. The third-order valence-electron chi connectivity index (χ3n) is 4.11. The zero-order chi connectivity index (χ0) is 17.1. The molecule has 1 aliphatic rings. The quantitative estimate of drug-likeness (QED) is 0.273. The molecule has 0 aliphatic heterocycles. The zero-order valence-corrected chi connectivity index (χ0v) is 12.3. The number of carbonyl (C=O) groups excluding carboxylic acids is 1. The fourth-order valence-corrected chi connectivity index (χ4v) is 2.83. The summed E-state index contributed by atoms with van der Waals surface area (Å²) in [6.07, 6.45) is 4.86. The van der Waals surface area contributed by atoms with Gasteiger partial charge in [-0.25, -0.2) is 22.0 Å². The lowest BCUT2D eigenvalue weighted by Gasteiger charge is -2.26. The lowest BCUT2D eigenvalue weighted by molar-refractivity contribution is -0.147. The van der Waals surface area contributed by atoms with Crippen molar-refractivity contribution in [2.75, 3.05) is 7.11 Å². The molecule has 0 bridgehead atoms. The average molecular weight is 334 g/mol. The van der Waals surface area contributed by atoms with Crippen LogP contribution in [0.25, 0.3) is 0 Å². The van der Waals surface area contributed by atoms with E-state index >= 15 is 0 Å². The first-order chi connectivity index (χ1) is 10.9. The minimum atomic E-state index is -2.21. The molecular weight excluding hydrogens is 319 g/mol. The maximum Gasteiger partial charge on any atom is 0.309 e. The Balaban J connectivity index is 2.40. The number of hydrogen-bond acceptors (Lipinski definition) is 2. The van der Waals surface area contributed by atoms with Gasteiger partial charge in [0.15, 0.2) is 23.3 Å². The first-order valence-corrected chi connectivity index (χ1v) is 7.11. The van der Waals surface area contributed by atoms with Gasteiger partial charge in [-0.05, 0) is 31.6 Å². The predicted molar refractivity (Wildman–Crippen MR) is 71.9 cm³/mol. The van der Waals surface area contributed by atoms with Crippen LogP contribution in [0.2, 0.25) is 0 Å². The van der Waals surface area contributed by atoms with Gasteiger partial charge < -0.3 is 4.74 Å². The number of methoxy groups -OCH3 is 1. The lowest BCUT2D eigenvalue weighted by atomic mass is 9.79. The minimum absolute atomic E-state index is 0.276. The van der Waals surface area contributed by atoms with E-state index in [2.05, 4.69) is 4.74 Å². The molecule has 0 fully saturated rings. The average Bonchev–Trinajstić information content (AvgIpc) is 2.58. The van der Waals surface area contributed by atoms with Crippen LogP contribution in [-0.4, -0.2) is 13.1 Å². The van der Waals surface area contributed by atoms with Gasteiger partial charge in [0.25, 0.3) is 0 Å². The number of halogens is 5. The maximum absolute atomic E-state index is 13.8. The van der Waals surface area contributed by atoms with Gasteiger partial charge in [0.05, 0.1) is 13.0 Å². The number of carbonyl (C=O) groups is 1. The Kier molecular flexibility index (Phi) is 5.38. The molecule has 0 N–H and O–H groups in total. The van der Waals surface area contributed by atoms with Crippen LogP contribution in [-0.2, 0) is 16.0 Å². The molecule has 1 aromatic carbocycles. The summed E-state index contributed by atoms with van der Waals surface area (Å²) in [5, 5.41) is 0. The molecule has 0 radical (unpaired) electrons. The SMILES string of the molecule is COC(=O)C(Cc1c(F)c(F)c(F)c(F)c1F)C1CC=CCC1. The lowest BCUT2D eigenvalue weighted by Crippen LogP contribution is -2.29. The summed E-state index contributed by atoms with van der Waals surface area (Å²) in [7, 11) is 1.12. The van der Waals surface area contributed by atoms with Crippen LogP contribution < -0.4 is 0 Å². The van der Waals surface area contributed by atoms with Crippen LogP contribution in [0.4, 0.5) is 22.0 Å². The van der Waals surface area contributed by atoms with E-state index in [-0.39, 0.29) is 5.92 Å². The van der Waals surface area contributed by atoms with E-state index in [1.165, 1.54) is 0 Å². The van der Waals surface area contributed by atoms with Crippen molar-refractivity contribution in [1.29, 1.82) is 0 Å². The van der Waals surface area contributed by atoms with Crippen molar-refractivity contribution in [3.8, 4) is 0 Å². The fourth-order valence-electron chi connectivity index (χ4n) is 2.83. The molecule has 2 atom stereocenters. The Morgan fingerprint density at radius 1 is 1.09 bits per heavy atom. The number of allylic oxidation sites excluding steroid dienone is 2. The second-order valence-electron chi connectivity index (χ2n) is 5.43. The molecule has 0 aromatic heterocycles. The third kappa shape index (κ3) is 3.38. The maximum atomic E-state index is 13.8. The predicted octanol–water partition coefficient (Wildman–Crippen LogP) is 4.07. The van der Waals surface area contributed by atoms with Gasteiger partial charge in [0, 0.05) is 5.56 Å². The summed E-state index contributed by atoms with van der Waals surface area (Å²) in [6.45, 7) is 0. The van der Waals surface area contributed by atoms with Crippen molar-refractivity contribution >= 4 is 5.97 Å². The molecule has 23 heavy (non-hydrogen) atoms. The van der Waals surface area contributed by atoms with Crippen molar-refractivity contribution in [3.63, 3.8) is 0 Å². The van der Waals surface area contributed by atoms with Crippen LogP contribution in [0.3, 0.4) is 0 Å². The van der Waals surface area contributed by atoms with Crippen LogP contribution in [0.1, 0.15) is 24.8 Å². The number of esters is 1. The molecule has 7 heteroatoms. The molecule has 0 amide bonds. The summed E-state index contributed by atoms with van der Waals surface area (Å²) in [5.41, 5.74) is -0.980. The largest absolute Gasteiger partial charge is 0.469 e. The zero-order valence-electron chi connectivity index (χ0n) is 12.3. The number of rotatable bonds is 4. The topological polar surface area (TPSA) is 26.3 Å². The summed E-state index contributed by atoms with van der Waals surface area (Å²) in [6, 6.07) is 0. The molecule has 0 spiro atoms. The van der Waals surface area contributed by atoms with Crippen LogP contribution >= 0.6 is 0 Å². The highest BCUT2D eigenvalue weighted by Crippen LogP contribution is 2.32. The Labute approximate surface area is 129 Å². The van der Waals surface area contributed by atoms with Gasteiger partial charge in [0.2, 0.25) is 5.82 Å². The van der Waals surface area contributed by atoms with Gasteiger partial charge in [0.1, 0.15) is 0 Å². The normalized spacial score (nSPS) is 18.8. The molecule has 1 aromatic rings. The van der Waals surface area contributed by atoms with E-state index in [0.717, 1.165) is 7.11 Å². The van der Waals surface area contributed by atoms with E-state index in [0.29, 0.717) is 19.3 Å². The summed E-state index contributed by atoms with van der Waals surface area (Å²) < 4.78 is 71.9. The van der Waals surface area contributed by atoms with E-state index < -0.39 is 53.0 Å². The fraction of sp³-hybridized carbons (Fsp3) is 0.438. The Bertz CT molecular complexity index is 613. The Morgan fingerprint density at radius 3 is 2.13 bits per heavy atom. The van der Waals surface area contributed by atoms with Crippen molar-refractivity contribution in [1.82, 2.24) is 0 Å². The van der Waals surface area contributed by atoms with Crippen molar-refractivity contribution in [3.05, 3.63) is 46.8 Å². The van der Waals surface area contributed by atoms with E-state index in [1.54, 1.807) is 0 Å². The highest BCUT2D eigenvalue weighted by atomic mass is 19.2.